The maximum Gasteiger partial charge on any atom is 0.433 e. The van der Waals surface area contributed by atoms with Crippen LogP contribution in [0.1, 0.15) is 0 Å². The molecular weight excluding hydrogens is 202 g/mol. The second-order valence-electron chi connectivity index (χ2n) is 2.65. The van der Waals surface area contributed by atoms with Gasteiger partial charge in [0.05, 0.1) is 6.07 Å². The Balaban J connectivity index is 2.32. The Morgan fingerprint density at radius 2 is 2.40 bits per heavy atom. The van der Waals surface area contributed by atoms with Crippen molar-refractivity contribution < 1.29 is 9.34 Å². The largest absolute Gasteiger partial charge is 0.433 e. The molecule has 2 aromatic heterocycles. The van der Waals surface area contributed by atoms with Crippen molar-refractivity contribution in [3.05, 3.63) is 22.2 Å². The lowest BCUT2D eigenvalue weighted by molar-refractivity contribution is -0.401. The zero-order valence-electron chi connectivity index (χ0n) is 7.72. The molecule has 0 aliphatic rings. The number of H-pyrrole nitrogens is 1. The molecule has 8 heteroatoms. The standard InChI is InChI=1S/C7H7N5O3/c1-8-7-9-6(10-11-7)4-2-3-5(15-4)12(13)14/h2-3H,1H3,(H2,8,9,10,11). The molecule has 2 N–H and O–H groups in total. The van der Waals surface area contributed by atoms with Gasteiger partial charge in [0.1, 0.15) is 4.92 Å². The van der Waals surface area contributed by atoms with Crippen LogP contribution in [0.2, 0.25) is 0 Å². The number of aromatic amines is 1. The molecule has 0 spiro atoms. The van der Waals surface area contributed by atoms with Crippen molar-refractivity contribution in [3.63, 3.8) is 0 Å². The van der Waals surface area contributed by atoms with Gasteiger partial charge in [-0.1, -0.05) is 0 Å². The summed E-state index contributed by atoms with van der Waals surface area (Å²) in [6.45, 7) is 0. The van der Waals surface area contributed by atoms with Gasteiger partial charge in [-0.2, -0.15) is 4.98 Å². The molecule has 2 aromatic rings. The summed E-state index contributed by atoms with van der Waals surface area (Å²) in [5, 5.41) is 19.5. The lowest BCUT2D eigenvalue weighted by Gasteiger charge is -1.86. The van der Waals surface area contributed by atoms with E-state index < -0.39 is 4.92 Å². The van der Waals surface area contributed by atoms with Crippen LogP contribution >= 0.6 is 0 Å². The van der Waals surface area contributed by atoms with Crippen LogP contribution in [-0.4, -0.2) is 27.2 Å². The second-order valence-corrected chi connectivity index (χ2v) is 2.65. The molecule has 8 nitrogen and oxygen atoms in total. The van der Waals surface area contributed by atoms with Crippen molar-refractivity contribution in [2.24, 2.45) is 0 Å². The predicted octanol–water partition coefficient (Wildman–Crippen LogP) is 1.01. The van der Waals surface area contributed by atoms with E-state index in [4.69, 9.17) is 4.42 Å². The first-order valence-electron chi connectivity index (χ1n) is 4.05. The quantitative estimate of drug-likeness (QED) is 0.576. The monoisotopic (exact) mass is 209 g/mol. The van der Waals surface area contributed by atoms with E-state index >= 15 is 0 Å². The molecule has 0 unspecified atom stereocenters. The van der Waals surface area contributed by atoms with Gasteiger partial charge in [-0.05, 0) is 6.07 Å². The fraction of sp³-hybridized carbons (Fsp3) is 0.143. The van der Waals surface area contributed by atoms with Gasteiger partial charge >= 0.3 is 5.88 Å². The number of nitrogens with one attached hydrogen (secondary N) is 2. The summed E-state index contributed by atoms with van der Waals surface area (Å²) in [5.74, 6) is 0.680. The van der Waals surface area contributed by atoms with Crippen LogP contribution in [0.4, 0.5) is 11.8 Å². The van der Waals surface area contributed by atoms with Crippen LogP contribution in [0.25, 0.3) is 11.6 Å². The molecule has 15 heavy (non-hydrogen) atoms. The number of nitro groups is 1. The Morgan fingerprint density at radius 3 is 2.93 bits per heavy atom. The Hall–Kier alpha value is -2.38. The second kappa shape index (κ2) is 3.40. The van der Waals surface area contributed by atoms with Gasteiger partial charge in [-0.3, -0.25) is 15.2 Å². The number of anilines is 1. The number of hydrogen-bond acceptors (Lipinski definition) is 6. The molecule has 0 bridgehead atoms. The third-order valence-corrected chi connectivity index (χ3v) is 1.71. The first-order valence-corrected chi connectivity index (χ1v) is 4.05. The molecule has 0 aliphatic carbocycles. The van der Waals surface area contributed by atoms with E-state index in [1.165, 1.54) is 12.1 Å². The fourth-order valence-corrected chi connectivity index (χ4v) is 1.04. The van der Waals surface area contributed by atoms with E-state index in [1.54, 1.807) is 7.05 Å². The van der Waals surface area contributed by atoms with Crippen molar-refractivity contribution in [1.29, 1.82) is 0 Å². The van der Waals surface area contributed by atoms with Crippen LogP contribution in [0, 0.1) is 10.1 Å². The molecule has 0 atom stereocenters. The van der Waals surface area contributed by atoms with Crippen molar-refractivity contribution in [1.82, 2.24) is 15.2 Å². The van der Waals surface area contributed by atoms with Gasteiger partial charge in [0.2, 0.25) is 5.95 Å². The maximum atomic E-state index is 10.4. The van der Waals surface area contributed by atoms with E-state index in [-0.39, 0.29) is 11.6 Å². The van der Waals surface area contributed by atoms with Crippen LogP contribution in [-0.2, 0) is 0 Å². The minimum atomic E-state index is -0.612. The van der Waals surface area contributed by atoms with Crippen LogP contribution in [0.5, 0.6) is 0 Å². The zero-order chi connectivity index (χ0) is 10.8. The summed E-state index contributed by atoms with van der Waals surface area (Å²) in [6.07, 6.45) is 0. The summed E-state index contributed by atoms with van der Waals surface area (Å²) in [4.78, 5) is 13.7. The molecule has 0 aromatic carbocycles. The number of nitrogens with zero attached hydrogens (tertiary/aromatic N) is 3. The number of furan rings is 1. The summed E-state index contributed by atoms with van der Waals surface area (Å²) in [6, 6.07) is 2.72. The van der Waals surface area contributed by atoms with Crippen molar-refractivity contribution in [2.75, 3.05) is 12.4 Å². The van der Waals surface area contributed by atoms with Crippen LogP contribution in [0.15, 0.2) is 16.5 Å². The molecule has 2 heterocycles. The highest BCUT2D eigenvalue weighted by Crippen LogP contribution is 2.23. The Bertz CT molecular complexity index is 488. The van der Waals surface area contributed by atoms with Gasteiger partial charge < -0.3 is 9.73 Å². The van der Waals surface area contributed by atoms with Crippen molar-refractivity contribution in [2.45, 2.75) is 0 Å². The highest BCUT2D eigenvalue weighted by atomic mass is 16.6. The van der Waals surface area contributed by atoms with E-state index in [1.807, 2.05) is 0 Å². The smallest absolute Gasteiger partial charge is 0.397 e. The summed E-state index contributed by atoms with van der Waals surface area (Å²) in [5.41, 5.74) is 0. The Labute approximate surface area is 83.5 Å². The summed E-state index contributed by atoms with van der Waals surface area (Å²) < 4.78 is 4.93. The first-order chi connectivity index (χ1) is 7.20. The van der Waals surface area contributed by atoms with Crippen LogP contribution < -0.4 is 5.32 Å². The first kappa shape index (κ1) is 9.19. The van der Waals surface area contributed by atoms with E-state index in [2.05, 4.69) is 20.5 Å². The third-order valence-electron chi connectivity index (χ3n) is 1.71. The fourth-order valence-electron chi connectivity index (χ4n) is 1.04. The number of hydrogen-bond donors (Lipinski definition) is 2. The lowest BCUT2D eigenvalue weighted by Crippen LogP contribution is -1.88. The van der Waals surface area contributed by atoms with Gasteiger partial charge in [-0.15, -0.1) is 5.10 Å². The molecule has 0 amide bonds. The van der Waals surface area contributed by atoms with Crippen molar-refractivity contribution >= 4 is 11.8 Å². The maximum absolute atomic E-state index is 10.4. The topological polar surface area (TPSA) is 110 Å². The number of rotatable bonds is 3. The van der Waals surface area contributed by atoms with Gasteiger partial charge in [0, 0.05) is 7.05 Å². The molecule has 78 valence electrons. The minimum absolute atomic E-state index is 0.274. The van der Waals surface area contributed by atoms with E-state index in [0.717, 1.165) is 0 Å². The van der Waals surface area contributed by atoms with Crippen LogP contribution in [0.3, 0.4) is 0 Å². The Morgan fingerprint density at radius 1 is 1.60 bits per heavy atom. The highest BCUT2D eigenvalue weighted by molar-refractivity contribution is 5.50. The summed E-state index contributed by atoms with van der Waals surface area (Å²) >= 11 is 0. The molecule has 0 aliphatic heterocycles. The predicted molar refractivity (Wildman–Crippen MR) is 50.3 cm³/mol. The van der Waals surface area contributed by atoms with E-state index in [0.29, 0.717) is 11.8 Å². The molecule has 2 rings (SSSR count). The SMILES string of the molecule is CNc1n[nH]c(-c2ccc([N+](=O)[O-])o2)n1. The molecule has 0 saturated carbocycles. The minimum Gasteiger partial charge on any atom is -0.397 e. The molecule has 0 fully saturated rings. The van der Waals surface area contributed by atoms with E-state index in [9.17, 15) is 10.1 Å². The van der Waals surface area contributed by atoms with Gasteiger partial charge in [0.15, 0.2) is 11.6 Å². The van der Waals surface area contributed by atoms with Gasteiger partial charge in [-0.25, -0.2) is 0 Å². The normalized spacial score (nSPS) is 10.2. The number of aromatic nitrogens is 3. The average molecular weight is 209 g/mol. The molecular formula is C7H7N5O3. The van der Waals surface area contributed by atoms with Crippen molar-refractivity contribution in [3.8, 4) is 11.6 Å². The molecule has 0 radical (unpaired) electrons. The Kier molecular flexibility index (Phi) is 2.08. The third kappa shape index (κ3) is 1.64. The zero-order valence-corrected chi connectivity index (χ0v) is 7.72. The summed E-state index contributed by atoms with van der Waals surface area (Å²) in [7, 11) is 1.66. The highest BCUT2D eigenvalue weighted by Gasteiger charge is 2.15. The van der Waals surface area contributed by atoms with Gasteiger partial charge in [0.25, 0.3) is 0 Å². The average Bonchev–Trinajstić information content (AvgIpc) is 2.86. The molecule has 0 saturated heterocycles. The lowest BCUT2D eigenvalue weighted by atomic mass is 10.4.